The lowest BCUT2D eigenvalue weighted by molar-refractivity contribution is 0.103. The molecule has 5 rings (SSSR count). The van der Waals surface area contributed by atoms with Crippen molar-refractivity contribution in [2.45, 2.75) is 6.42 Å². The SMILES string of the molecule is O=C(Nc1ccccc1)c1cc2c(N3CCN(CCc4ccccc4)CC3)cccc2s1. The van der Waals surface area contributed by atoms with Gasteiger partial charge >= 0.3 is 0 Å². The molecule has 0 spiro atoms. The molecule has 4 aromatic rings. The molecule has 0 atom stereocenters. The fourth-order valence-corrected chi connectivity index (χ4v) is 5.27. The Kier molecular flexibility index (Phi) is 6.19. The number of amides is 1. The molecule has 0 saturated carbocycles. The van der Waals surface area contributed by atoms with Gasteiger partial charge in [-0.15, -0.1) is 11.3 Å². The highest BCUT2D eigenvalue weighted by molar-refractivity contribution is 7.21. The number of nitrogens with zero attached hydrogens (tertiary/aromatic N) is 2. The number of hydrogen-bond donors (Lipinski definition) is 1. The summed E-state index contributed by atoms with van der Waals surface area (Å²) in [5.41, 5.74) is 3.46. The van der Waals surface area contributed by atoms with E-state index in [0.29, 0.717) is 0 Å². The first-order chi connectivity index (χ1) is 15.8. The van der Waals surface area contributed by atoms with E-state index >= 15 is 0 Å². The lowest BCUT2D eigenvalue weighted by Crippen LogP contribution is -2.47. The van der Waals surface area contributed by atoms with Gasteiger partial charge < -0.3 is 10.2 Å². The van der Waals surface area contributed by atoms with Gasteiger partial charge in [-0.1, -0.05) is 54.6 Å². The predicted octanol–water partition coefficient (Wildman–Crippen LogP) is 5.52. The molecule has 1 aliphatic heterocycles. The maximum atomic E-state index is 12.8. The maximum Gasteiger partial charge on any atom is 0.265 e. The van der Waals surface area contributed by atoms with Crippen LogP contribution in [-0.4, -0.2) is 43.5 Å². The Hall–Kier alpha value is -3.15. The van der Waals surface area contributed by atoms with Crippen molar-refractivity contribution in [2.75, 3.05) is 42.9 Å². The second kappa shape index (κ2) is 9.55. The van der Waals surface area contributed by atoms with Gasteiger partial charge in [0.05, 0.1) is 4.88 Å². The van der Waals surface area contributed by atoms with Crippen molar-refractivity contribution in [2.24, 2.45) is 0 Å². The van der Waals surface area contributed by atoms with Crippen LogP contribution in [-0.2, 0) is 6.42 Å². The summed E-state index contributed by atoms with van der Waals surface area (Å²) in [4.78, 5) is 18.5. The second-order valence-electron chi connectivity index (χ2n) is 8.18. The van der Waals surface area contributed by atoms with Crippen LogP contribution in [0.4, 0.5) is 11.4 Å². The van der Waals surface area contributed by atoms with Crippen molar-refractivity contribution >= 4 is 38.7 Å². The molecule has 2 heterocycles. The van der Waals surface area contributed by atoms with Crippen molar-refractivity contribution in [3.8, 4) is 0 Å². The molecule has 1 N–H and O–H groups in total. The summed E-state index contributed by atoms with van der Waals surface area (Å²) in [6.45, 7) is 5.25. The monoisotopic (exact) mass is 441 g/mol. The first kappa shape index (κ1) is 20.7. The summed E-state index contributed by atoms with van der Waals surface area (Å²) in [5, 5.41) is 4.18. The van der Waals surface area contributed by atoms with Gasteiger partial charge in [-0.3, -0.25) is 9.69 Å². The second-order valence-corrected chi connectivity index (χ2v) is 9.27. The van der Waals surface area contributed by atoms with Gasteiger partial charge in [-0.2, -0.15) is 0 Å². The Morgan fingerprint density at radius 1 is 0.844 bits per heavy atom. The number of fused-ring (bicyclic) bond motifs is 1. The minimum atomic E-state index is -0.0471. The fourth-order valence-electron chi connectivity index (χ4n) is 4.29. The van der Waals surface area contributed by atoms with E-state index in [1.165, 1.54) is 16.6 Å². The first-order valence-electron chi connectivity index (χ1n) is 11.2. The molecule has 162 valence electrons. The van der Waals surface area contributed by atoms with Gasteiger partial charge in [0.25, 0.3) is 5.91 Å². The zero-order valence-corrected chi connectivity index (χ0v) is 18.9. The average Bonchev–Trinajstić information content (AvgIpc) is 3.29. The number of piperazine rings is 1. The van der Waals surface area contributed by atoms with Crippen molar-refractivity contribution in [1.82, 2.24) is 4.90 Å². The number of rotatable bonds is 6. The lowest BCUT2D eigenvalue weighted by Gasteiger charge is -2.36. The molecule has 32 heavy (non-hydrogen) atoms. The van der Waals surface area contributed by atoms with Crippen LogP contribution in [0.3, 0.4) is 0 Å². The van der Waals surface area contributed by atoms with Crippen LogP contribution in [0.25, 0.3) is 10.1 Å². The van der Waals surface area contributed by atoms with Crippen LogP contribution in [0.1, 0.15) is 15.2 Å². The Bertz CT molecular complexity index is 1180. The minimum Gasteiger partial charge on any atom is -0.368 e. The number of nitrogens with one attached hydrogen (secondary N) is 1. The van der Waals surface area contributed by atoms with Crippen LogP contribution < -0.4 is 10.2 Å². The topological polar surface area (TPSA) is 35.6 Å². The Morgan fingerprint density at radius 2 is 1.56 bits per heavy atom. The first-order valence-corrected chi connectivity index (χ1v) is 12.0. The molecule has 0 aliphatic carbocycles. The van der Waals surface area contributed by atoms with E-state index < -0.39 is 0 Å². The van der Waals surface area contributed by atoms with E-state index in [0.717, 1.165) is 54.4 Å². The average molecular weight is 442 g/mol. The van der Waals surface area contributed by atoms with Crippen LogP contribution in [0, 0.1) is 0 Å². The number of thiophene rings is 1. The van der Waals surface area contributed by atoms with Gasteiger partial charge in [-0.25, -0.2) is 0 Å². The van der Waals surface area contributed by atoms with Gasteiger partial charge in [0.15, 0.2) is 0 Å². The number of benzene rings is 3. The molecule has 1 fully saturated rings. The van der Waals surface area contributed by atoms with Crippen LogP contribution in [0.5, 0.6) is 0 Å². The molecule has 0 radical (unpaired) electrons. The molecule has 4 nitrogen and oxygen atoms in total. The zero-order valence-electron chi connectivity index (χ0n) is 18.0. The third-order valence-corrected chi connectivity index (χ3v) is 7.17. The van der Waals surface area contributed by atoms with E-state index in [2.05, 4.69) is 69.7 Å². The Morgan fingerprint density at radius 3 is 2.31 bits per heavy atom. The molecule has 1 aliphatic rings. The summed E-state index contributed by atoms with van der Waals surface area (Å²) in [5.74, 6) is -0.0471. The third kappa shape index (κ3) is 4.69. The molecular weight excluding hydrogens is 414 g/mol. The van der Waals surface area contributed by atoms with E-state index in [-0.39, 0.29) is 5.91 Å². The highest BCUT2D eigenvalue weighted by Gasteiger charge is 2.20. The number of hydrogen-bond acceptors (Lipinski definition) is 4. The number of anilines is 2. The summed E-state index contributed by atoms with van der Waals surface area (Å²) in [7, 11) is 0. The standard InChI is InChI=1S/C27H27N3OS/c31-27(28-22-10-5-2-6-11-22)26-20-23-24(12-7-13-25(23)32-26)30-18-16-29(17-19-30)15-14-21-8-3-1-4-9-21/h1-13,20H,14-19H2,(H,28,31). The van der Waals surface area contributed by atoms with E-state index in [1.54, 1.807) is 11.3 Å². The molecule has 1 saturated heterocycles. The summed E-state index contributed by atoms with van der Waals surface area (Å²) < 4.78 is 1.16. The van der Waals surface area contributed by atoms with Gasteiger partial charge in [0.2, 0.25) is 0 Å². The molecule has 1 aromatic heterocycles. The van der Waals surface area contributed by atoms with Crippen LogP contribution >= 0.6 is 11.3 Å². The van der Waals surface area contributed by atoms with Crippen molar-refractivity contribution < 1.29 is 4.79 Å². The highest BCUT2D eigenvalue weighted by atomic mass is 32.1. The number of carbonyl (C=O) groups excluding carboxylic acids is 1. The minimum absolute atomic E-state index is 0.0471. The van der Waals surface area contributed by atoms with Gasteiger partial charge in [0, 0.05) is 54.2 Å². The molecular formula is C27H27N3OS. The lowest BCUT2D eigenvalue weighted by atomic mass is 10.1. The van der Waals surface area contributed by atoms with Gasteiger partial charge in [0.1, 0.15) is 0 Å². The largest absolute Gasteiger partial charge is 0.368 e. The van der Waals surface area contributed by atoms with E-state index in [9.17, 15) is 4.79 Å². The summed E-state index contributed by atoms with van der Waals surface area (Å²) in [6, 6.07) is 28.8. The Labute approximate surface area is 193 Å². The zero-order chi connectivity index (χ0) is 21.8. The number of para-hydroxylation sites is 1. The van der Waals surface area contributed by atoms with Crippen LogP contribution in [0.2, 0.25) is 0 Å². The highest BCUT2D eigenvalue weighted by Crippen LogP contribution is 2.34. The molecule has 1 amide bonds. The number of carbonyl (C=O) groups is 1. The molecule has 0 unspecified atom stereocenters. The van der Waals surface area contributed by atoms with Gasteiger partial charge in [-0.05, 0) is 42.3 Å². The van der Waals surface area contributed by atoms with Crippen LogP contribution in [0.15, 0.2) is 84.9 Å². The Balaban J connectivity index is 1.25. The van der Waals surface area contributed by atoms with Crippen molar-refractivity contribution in [3.05, 3.63) is 95.4 Å². The summed E-state index contributed by atoms with van der Waals surface area (Å²) >= 11 is 1.56. The third-order valence-electron chi connectivity index (χ3n) is 6.07. The summed E-state index contributed by atoms with van der Waals surface area (Å²) in [6.07, 6.45) is 1.10. The van der Waals surface area contributed by atoms with E-state index in [1.807, 2.05) is 30.3 Å². The maximum absolute atomic E-state index is 12.8. The normalized spacial score (nSPS) is 14.6. The quantitative estimate of drug-likeness (QED) is 0.428. The molecule has 3 aromatic carbocycles. The molecule has 5 heteroatoms. The van der Waals surface area contributed by atoms with E-state index in [4.69, 9.17) is 0 Å². The van der Waals surface area contributed by atoms with Crippen molar-refractivity contribution in [1.29, 1.82) is 0 Å². The van der Waals surface area contributed by atoms with Crippen molar-refractivity contribution in [3.63, 3.8) is 0 Å². The molecule has 0 bridgehead atoms. The fraction of sp³-hybridized carbons (Fsp3) is 0.222. The predicted molar refractivity (Wildman–Crippen MR) is 135 cm³/mol. The smallest absolute Gasteiger partial charge is 0.265 e.